The molecule has 13 nitrogen and oxygen atoms in total. The second-order valence-electron chi connectivity index (χ2n) is 15.7. The second-order valence-corrected chi connectivity index (χ2v) is 16.1. The van der Waals surface area contributed by atoms with Crippen molar-refractivity contribution in [2.24, 2.45) is 16.1 Å². The van der Waals surface area contributed by atoms with E-state index in [2.05, 4.69) is 27.3 Å². The molecule has 2 atom stereocenters. The topological polar surface area (TPSA) is 158 Å². The summed E-state index contributed by atoms with van der Waals surface area (Å²) >= 11 is 6.44. The molecule has 0 radical (unpaired) electrons. The van der Waals surface area contributed by atoms with Gasteiger partial charge in [0.2, 0.25) is 0 Å². The highest BCUT2D eigenvalue weighted by Gasteiger charge is 2.64. The van der Waals surface area contributed by atoms with Crippen LogP contribution in [0.2, 0.25) is 5.02 Å². The number of alkyl halides is 5. The largest absolute Gasteiger partial charge is 0.447 e. The van der Waals surface area contributed by atoms with E-state index >= 15 is 0 Å². The van der Waals surface area contributed by atoms with E-state index in [4.69, 9.17) is 27.1 Å². The molecule has 292 valence electrons. The summed E-state index contributed by atoms with van der Waals surface area (Å²) in [5.41, 5.74) is 3.99. The Bertz CT molecular complexity index is 2150. The van der Waals surface area contributed by atoms with E-state index in [0.717, 1.165) is 34.3 Å². The first-order valence-electron chi connectivity index (χ1n) is 17.5. The Labute approximate surface area is 317 Å². The fourth-order valence-electron chi connectivity index (χ4n) is 6.86. The number of nitrogens with two attached hydrogens (primary N) is 1. The van der Waals surface area contributed by atoms with Gasteiger partial charge in [0.05, 0.1) is 28.5 Å². The zero-order valence-corrected chi connectivity index (χ0v) is 31.0. The van der Waals surface area contributed by atoms with E-state index in [1.165, 1.54) is 18.2 Å². The van der Waals surface area contributed by atoms with Gasteiger partial charge in [0, 0.05) is 5.56 Å². The van der Waals surface area contributed by atoms with Gasteiger partial charge in [-0.25, -0.2) is 32.9 Å². The molecule has 2 aromatic carbocycles. The van der Waals surface area contributed by atoms with Crippen molar-refractivity contribution < 1.29 is 36.3 Å². The van der Waals surface area contributed by atoms with E-state index in [1.54, 1.807) is 24.3 Å². The number of guanidine groups is 1. The third kappa shape index (κ3) is 7.11. The Morgan fingerprint density at radius 2 is 1.76 bits per heavy atom. The predicted molar refractivity (Wildman–Crippen MR) is 189 cm³/mol. The maximum absolute atomic E-state index is 15.0. The molecule has 0 bridgehead atoms. The number of hydrogen-bond acceptors (Lipinski definition) is 9. The van der Waals surface area contributed by atoms with Crippen LogP contribution in [0.1, 0.15) is 89.2 Å². The van der Waals surface area contributed by atoms with Crippen LogP contribution in [-0.4, -0.2) is 70.9 Å². The zero-order valence-electron chi connectivity index (χ0n) is 30.2. The molecule has 2 aliphatic carbocycles. The molecule has 3 N–H and O–H groups in total. The summed E-state index contributed by atoms with van der Waals surface area (Å²) in [6.07, 6.45) is -4.82. The lowest BCUT2D eigenvalue weighted by atomic mass is 9.75. The van der Waals surface area contributed by atoms with Crippen LogP contribution in [0.15, 0.2) is 60.0 Å². The highest BCUT2D eigenvalue weighted by atomic mass is 35.5. The maximum atomic E-state index is 15.0. The monoisotopic (exact) mass is 788 g/mol. The molecular weight excluding hydrogens is 751 g/mol. The number of aromatic nitrogens is 6. The zero-order chi connectivity index (χ0) is 39.7. The van der Waals surface area contributed by atoms with Gasteiger partial charge in [-0.3, -0.25) is 9.69 Å². The fraction of sp³-hybridized carbons (Fsp3) is 0.472. The van der Waals surface area contributed by atoms with E-state index in [-0.39, 0.29) is 47.0 Å². The number of nitrogens with zero attached hydrogens (tertiary/aromatic N) is 8. The van der Waals surface area contributed by atoms with Gasteiger partial charge in [-0.05, 0) is 67.7 Å². The molecule has 2 aromatic heterocycles. The molecule has 2 amide bonds. The smallest absolute Gasteiger partial charge is 0.411 e. The van der Waals surface area contributed by atoms with Gasteiger partial charge in [-0.15, -0.1) is 5.10 Å². The van der Waals surface area contributed by atoms with Gasteiger partial charge in [0.1, 0.15) is 24.2 Å². The summed E-state index contributed by atoms with van der Waals surface area (Å²) in [5, 5.41) is 14.4. The maximum Gasteiger partial charge on any atom is 0.411 e. The number of halogens is 6. The number of nitrogens with one attached hydrogen (secondary N) is 1. The van der Waals surface area contributed by atoms with E-state index in [9.17, 15) is 31.5 Å². The molecule has 4 aromatic rings. The Balaban J connectivity index is 1.26. The quantitative estimate of drug-likeness (QED) is 0.154. The van der Waals surface area contributed by atoms with Crippen molar-refractivity contribution in [3.8, 4) is 16.9 Å². The minimum absolute atomic E-state index is 0.0164. The van der Waals surface area contributed by atoms with Crippen LogP contribution in [-0.2, 0) is 20.6 Å². The summed E-state index contributed by atoms with van der Waals surface area (Å²) in [4.78, 5) is 37.4. The number of hydrogen-bond donors (Lipinski definition) is 2. The van der Waals surface area contributed by atoms with Gasteiger partial charge >= 0.3 is 12.3 Å². The van der Waals surface area contributed by atoms with E-state index < -0.39 is 59.6 Å². The van der Waals surface area contributed by atoms with Crippen LogP contribution < -0.4 is 11.1 Å². The van der Waals surface area contributed by atoms with E-state index in [0.29, 0.717) is 11.3 Å². The highest BCUT2D eigenvalue weighted by molar-refractivity contribution is 6.32. The first-order valence-corrected chi connectivity index (χ1v) is 17.9. The van der Waals surface area contributed by atoms with Crippen LogP contribution in [0, 0.1) is 5.41 Å². The third-order valence-corrected chi connectivity index (χ3v) is 10.6. The molecule has 3 aliphatic rings. The molecule has 7 rings (SSSR count). The van der Waals surface area contributed by atoms with Crippen molar-refractivity contribution in [1.82, 2.24) is 40.0 Å². The molecular formula is C36H38ClF5N10O3. The molecule has 0 spiro atoms. The molecule has 2 saturated carbocycles. The average Bonchev–Trinajstić information content (AvgIpc) is 3.87. The second kappa shape index (κ2) is 13.3. The molecule has 0 unspecified atom stereocenters. The number of carbonyl (C=O) groups is 2. The van der Waals surface area contributed by atoms with E-state index in [1.807, 2.05) is 37.0 Å². The fourth-order valence-corrected chi connectivity index (χ4v) is 7.05. The van der Waals surface area contributed by atoms with Gasteiger partial charge in [-0.2, -0.15) is 18.3 Å². The van der Waals surface area contributed by atoms with Gasteiger partial charge in [0.25, 0.3) is 12.3 Å². The predicted octanol–water partition coefficient (Wildman–Crippen LogP) is 6.98. The van der Waals surface area contributed by atoms with Gasteiger partial charge < -0.3 is 15.8 Å². The molecule has 0 saturated heterocycles. The lowest BCUT2D eigenvalue weighted by molar-refractivity contribution is -0.164. The van der Waals surface area contributed by atoms with Crippen molar-refractivity contribution in [1.29, 1.82) is 0 Å². The Morgan fingerprint density at radius 1 is 1.07 bits per heavy atom. The number of carbonyl (C=O) groups excluding carboxylic acids is 2. The van der Waals surface area contributed by atoms with Gasteiger partial charge in [0.15, 0.2) is 17.3 Å². The van der Waals surface area contributed by atoms with Crippen molar-refractivity contribution in [3.63, 3.8) is 0 Å². The number of amides is 2. The standard InChI is InChI=1S/C36H38ClF5N10O3/c1-32(2,3)18-35(22-8-5-20(6-9-22)24-16-50(49-48-24)33(4)11-12-33)29(53)51(30(43)46-35)26(17-55-31(54)47-34(13-14-34)36(40,41)42)21-7-10-23(37)25(15-21)52-28(27(38)39)44-19-45-52/h5-10,15-16,19,26-27H,11-14,17-18H2,1-4H3,(H2,43,46)(H,47,54)/t26-,35-/m1/s1. The molecule has 55 heavy (non-hydrogen) atoms. The minimum Gasteiger partial charge on any atom is -0.447 e. The molecule has 1 aliphatic heterocycles. The van der Waals surface area contributed by atoms with Gasteiger partial charge in [-0.1, -0.05) is 67.9 Å². The summed E-state index contributed by atoms with van der Waals surface area (Å²) in [6.45, 7) is 7.16. The normalized spacial score (nSPS) is 20.7. The molecule has 2 fully saturated rings. The summed E-state index contributed by atoms with van der Waals surface area (Å²) in [5.74, 6) is -1.61. The van der Waals surface area contributed by atoms with Crippen LogP contribution in [0.25, 0.3) is 16.9 Å². The van der Waals surface area contributed by atoms with Crippen molar-refractivity contribution in [2.75, 3.05) is 6.61 Å². The number of ether oxygens (including phenoxy) is 1. The Hall–Kier alpha value is -5.13. The third-order valence-electron chi connectivity index (χ3n) is 10.3. The minimum atomic E-state index is -4.72. The van der Waals surface area contributed by atoms with Crippen molar-refractivity contribution in [2.45, 2.75) is 95.1 Å². The van der Waals surface area contributed by atoms with Crippen molar-refractivity contribution >= 4 is 29.6 Å². The number of aliphatic imine (C=N–C) groups is 1. The highest BCUT2D eigenvalue weighted by Crippen LogP contribution is 2.49. The van der Waals surface area contributed by atoms with Crippen LogP contribution >= 0.6 is 11.6 Å². The lowest BCUT2D eigenvalue weighted by Crippen LogP contribution is -2.50. The molecule has 19 heteroatoms. The first kappa shape index (κ1) is 38.2. The number of rotatable bonds is 11. The summed E-state index contributed by atoms with van der Waals surface area (Å²) in [7, 11) is 0. The first-order chi connectivity index (χ1) is 25.8. The SMILES string of the molecule is CC(C)(C)C[C@]1(c2ccc(-c3cn(C4(C)CC4)nn3)cc2)N=C(N)N([C@H](COC(=O)NC2(C(F)(F)F)CC2)c2ccc(Cl)c(-n3ncnc3C(F)F)c2)C1=O. The summed E-state index contributed by atoms with van der Waals surface area (Å²) < 4.78 is 76.8. The summed E-state index contributed by atoms with van der Waals surface area (Å²) in [6, 6.07) is 9.91. The Kier molecular flexibility index (Phi) is 9.21. The van der Waals surface area contributed by atoms with Crippen LogP contribution in [0.4, 0.5) is 26.7 Å². The van der Waals surface area contributed by atoms with Crippen molar-refractivity contribution in [3.05, 3.63) is 77.0 Å². The van der Waals surface area contributed by atoms with Crippen LogP contribution in [0.5, 0.6) is 0 Å². The molecule has 3 heterocycles. The number of benzene rings is 2. The van der Waals surface area contributed by atoms with Crippen LogP contribution in [0.3, 0.4) is 0 Å². The average molecular weight is 789 g/mol. The number of alkyl carbamates (subject to hydrolysis) is 1. The Morgan fingerprint density at radius 3 is 2.36 bits per heavy atom. The lowest BCUT2D eigenvalue weighted by Gasteiger charge is -2.35.